The minimum Gasteiger partial charge on any atom is -0.462 e. The van der Waals surface area contributed by atoms with Crippen molar-refractivity contribution in [2.45, 2.75) is 20.3 Å². The number of amides is 1. The van der Waals surface area contributed by atoms with Crippen LogP contribution in [-0.4, -0.2) is 49.8 Å². The minimum absolute atomic E-state index is 0.0870. The van der Waals surface area contributed by atoms with Crippen LogP contribution in [0.2, 0.25) is 0 Å². The Hall–Kier alpha value is -3.17. The van der Waals surface area contributed by atoms with Crippen LogP contribution in [0.15, 0.2) is 30.5 Å². The second-order valence-electron chi connectivity index (χ2n) is 6.69. The molecule has 0 aliphatic heterocycles. The van der Waals surface area contributed by atoms with Gasteiger partial charge in [-0.15, -0.1) is 11.3 Å². The molecule has 0 bridgehead atoms. The first-order valence-corrected chi connectivity index (χ1v) is 10.6. The molecule has 0 aliphatic carbocycles. The zero-order valence-electron chi connectivity index (χ0n) is 17.6. The number of hydrogen-bond donors (Lipinski definition) is 2. The molecule has 0 radical (unpaired) electrons. The van der Waals surface area contributed by atoms with Gasteiger partial charge in [0.15, 0.2) is 0 Å². The molecule has 3 aromatic rings. The van der Waals surface area contributed by atoms with Gasteiger partial charge in [-0.3, -0.25) is 4.79 Å². The Balaban J connectivity index is 1.84. The third-order valence-corrected chi connectivity index (χ3v) is 5.80. The van der Waals surface area contributed by atoms with Gasteiger partial charge in [-0.25, -0.2) is 9.59 Å². The minimum atomic E-state index is -0.602. The van der Waals surface area contributed by atoms with Crippen LogP contribution in [0.1, 0.15) is 38.1 Å². The average molecular weight is 445 g/mol. The van der Waals surface area contributed by atoms with Crippen molar-refractivity contribution in [2.24, 2.45) is 0 Å². The van der Waals surface area contributed by atoms with E-state index in [2.05, 4.69) is 10.3 Å². The molecular formula is C22H24N2O6S. The molecule has 1 aromatic carbocycles. The number of anilines is 1. The molecule has 0 aliphatic rings. The summed E-state index contributed by atoms with van der Waals surface area (Å²) < 4.78 is 15.2. The summed E-state index contributed by atoms with van der Waals surface area (Å²) >= 11 is 0.995. The number of carbonyl (C=O) groups is 3. The number of ether oxygens (including phenoxy) is 3. The molecule has 2 heterocycles. The molecule has 0 unspecified atom stereocenters. The van der Waals surface area contributed by atoms with Crippen LogP contribution in [0.3, 0.4) is 0 Å². The van der Waals surface area contributed by atoms with Crippen LogP contribution >= 0.6 is 11.3 Å². The standard InChI is InChI=1S/C22H24N2O6S/c1-4-29-21(26)18-13(2)19(22(27)30-10-9-28-3)31-20(18)24-17(25)11-14-12-23-16-8-6-5-7-15(14)16/h5-8,12,23H,4,9-11H2,1-3H3,(H,24,25). The first-order chi connectivity index (χ1) is 15.0. The number of fused-ring (bicyclic) bond motifs is 1. The van der Waals surface area contributed by atoms with E-state index in [0.717, 1.165) is 27.8 Å². The van der Waals surface area contributed by atoms with E-state index >= 15 is 0 Å². The quantitative estimate of drug-likeness (QED) is 0.385. The first kappa shape index (κ1) is 22.5. The molecule has 8 nitrogen and oxygen atoms in total. The van der Waals surface area contributed by atoms with Gasteiger partial charge in [0.25, 0.3) is 0 Å². The largest absolute Gasteiger partial charge is 0.462 e. The molecule has 0 saturated heterocycles. The maximum Gasteiger partial charge on any atom is 0.348 e. The number of aromatic amines is 1. The lowest BCUT2D eigenvalue weighted by molar-refractivity contribution is -0.115. The molecule has 0 saturated carbocycles. The van der Waals surface area contributed by atoms with E-state index in [4.69, 9.17) is 14.2 Å². The van der Waals surface area contributed by atoms with Gasteiger partial charge >= 0.3 is 11.9 Å². The van der Waals surface area contributed by atoms with Gasteiger partial charge < -0.3 is 24.5 Å². The number of thiophene rings is 1. The topological polar surface area (TPSA) is 107 Å². The van der Waals surface area contributed by atoms with E-state index < -0.39 is 11.9 Å². The maximum atomic E-state index is 12.8. The normalized spacial score (nSPS) is 10.8. The summed E-state index contributed by atoms with van der Waals surface area (Å²) in [6, 6.07) is 7.68. The van der Waals surface area contributed by atoms with Gasteiger partial charge in [-0.2, -0.15) is 0 Å². The summed E-state index contributed by atoms with van der Waals surface area (Å²) in [5, 5.41) is 3.98. The summed E-state index contributed by atoms with van der Waals surface area (Å²) in [5.41, 5.74) is 2.34. The number of methoxy groups -OCH3 is 1. The number of nitrogens with one attached hydrogen (secondary N) is 2. The van der Waals surface area contributed by atoms with Crippen LogP contribution < -0.4 is 5.32 Å². The molecule has 0 spiro atoms. The Bertz CT molecular complexity index is 1100. The molecule has 1 amide bonds. The highest BCUT2D eigenvalue weighted by atomic mass is 32.1. The number of hydrogen-bond acceptors (Lipinski definition) is 7. The van der Waals surface area contributed by atoms with Gasteiger partial charge in [0.2, 0.25) is 5.91 Å². The van der Waals surface area contributed by atoms with Gasteiger partial charge in [0, 0.05) is 24.2 Å². The van der Waals surface area contributed by atoms with E-state index in [0.29, 0.717) is 5.56 Å². The molecule has 164 valence electrons. The Kier molecular flexibility index (Phi) is 7.43. The van der Waals surface area contributed by atoms with E-state index in [1.54, 1.807) is 20.0 Å². The van der Waals surface area contributed by atoms with E-state index in [1.165, 1.54) is 7.11 Å². The lowest BCUT2D eigenvalue weighted by Gasteiger charge is -2.07. The Morgan fingerprint density at radius 2 is 1.87 bits per heavy atom. The average Bonchev–Trinajstić information content (AvgIpc) is 3.29. The van der Waals surface area contributed by atoms with E-state index in [-0.39, 0.29) is 47.6 Å². The number of carbonyl (C=O) groups excluding carboxylic acids is 3. The predicted octanol–water partition coefficient (Wildman–Crippen LogP) is 3.70. The van der Waals surface area contributed by atoms with Crippen molar-refractivity contribution in [1.29, 1.82) is 0 Å². The molecular weight excluding hydrogens is 420 g/mol. The van der Waals surface area contributed by atoms with Crippen molar-refractivity contribution in [2.75, 3.05) is 32.2 Å². The zero-order chi connectivity index (χ0) is 22.4. The highest BCUT2D eigenvalue weighted by Crippen LogP contribution is 2.34. The number of para-hydroxylation sites is 1. The summed E-state index contributed by atoms with van der Waals surface area (Å²) in [7, 11) is 1.50. The van der Waals surface area contributed by atoms with Gasteiger partial charge in [0.05, 0.1) is 25.2 Å². The first-order valence-electron chi connectivity index (χ1n) is 9.77. The number of rotatable bonds is 9. The fourth-order valence-corrected chi connectivity index (χ4v) is 4.26. The van der Waals surface area contributed by atoms with Gasteiger partial charge in [-0.1, -0.05) is 18.2 Å². The molecule has 2 aromatic heterocycles. The van der Waals surface area contributed by atoms with Crippen LogP contribution in [0, 0.1) is 6.92 Å². The number of benzene rings is 1. The van der Waals surface area contributed by atoms with Crippen LogP contribution in [0.4, 0.5) is 5.00 Å². The summed E-state index contributed by atoms with van der Waals surface area (Å²) in [6.07, 6.45) is 1.89. The third-order valence-electron chi connectivity index (χ3n) is 4.61. The summed E-state index contributed by atoms with van der Waals surface area (Å²) in [6.45, 7) is 3.84. The summed E-state index contributed by atoms with van der Waals surface area (Å²) in [5.74, 6) is -1.49. The Labute approximate surface area is 183 Å². The molecule has 3 rings (SSSR count). The highest BCUT2D eigenvalue weighted by Gasteiger charge is 2.27. The maximum absolute atomic E-state index is 12.8. The van der Waals surface area contributed by atoms with Crippen molar-refractivity contribution in [1.82, 2.24) is 4.98 Å². The number of esters is 2. The van der Waals surface area contributed by atoms with Crippen LogP contribution in [-0.2, 0) is 25.4 Å². The zero-order valence-corrected chi connectivity index (χ0v) is 18.4. The van der Waals surface area contributed by atoms with Crippen molar-refractivity contribution < 1.29 is 28.6 Å². The lowest BCUT2D eigenvalue weighted by Crippen LogP contribution is -2.16. The van der Waals surface area contributed by atoms with Crippen molar-refractivity contribution >= 4 is 45.1 Å². The molecule has 31 heavy (non-hydrogen) atoms. The third kappa shape index (κ3) is 5.12. The fraction of sp³-hybridized carbons (Fsp3) is 0.318. The van der Waals surface area contributed by atoms with Crippen molar-refractivity contribution in [3.8, 4) is 0 Å². The van der Waals surface area contributed by atoms with E-state index in [1.807, 2.05) is 24.3 Å². The predicted molar refractivity (Wildman–Crippen MR) is 118 cm³/mol. The highest BCUT2D eigenvalue weighted by molar-refractivity contribution is 7.18. The molecule has 2 N–H and O–H groups in total. The van der Waals surface area contributed by atoms with Gasteiger partial charge in [0.1, 0.15) is 16.5 Å². The van der Waals surface area contributed by atoms with Crippen molar-refractivity contribution in [3.63, 3.8) is 0 Å². The fourth-order valence-electron chi connectivity index (χ4n) is 3.15. The van der Waals surface area contributed by atoms with Crippen LogP contribution in [0.25, 0.3) is 10.9 Å². The number of aromatic nitrogens is 1. The summed E-state index contributed by atoms with van der Waals surface area (Å²) in [4.78, 5) is 41.1. The number of H-pyrrole nitrogens is 1. The monoisotopic (exact) mass is 444 g/mol. The van der Waals surface area contributed by atoms with Gasteiger partial charge in [-0.05, 0) is 31.0 Å². The Morgan fingerprint density at radius 3 is 2.61 bits per heavy atom. The second kappa shape index (κ2) is 10.2. The molecule has 0 atom stereocenters. The second-order valence-corrected chi connectivity index (χ2v) is 7.71. The van der Waals surface area contributed by atoms with E-state index in [9.17, 15) is 14.4 Å². The lowest BCUT2D eigenvalue weighted by atomic mass is 10.1. The van der Waals surface area contributed by atoms with Crippen molar-refractivity contribution in [3.05, 3.63) is 52.0 Å². The molecule has 9 heteroatoms. The Morgan fingerprint density at radius 1 is 1.10 bits per heavy atom. The SMILES string of the molecule is CCOC(=O)c1c(NC(=O)Cc2c[nH]c3ccccc23)sc(C(=O)OCCOC)c1C. The smallest absolute Gasteiger partial charge is 0.348 e. The molecule has 0 fully saturated rings. The van der Waals surface area contributed by atoms with Crippen LogP contribution in [0.5, 0.6) is 0 Å².